The second-order valence-electron chi connectivity index (χ2n) is 4.62. The van der Waals surface area contributed by atoms with Gasteiger partial charge in [-0.15, -0.1) is 0 Å². The molecular formula is C15H19N3O. The lowest BCUT2D eigenvalue weighted by atomic mass is 10.2. The van der Waals surface area contributed by atoms with Gasteiger partial charge in [-0.05, 0) is 38.1 Å². The number of aryl methyl sites for hydroxylation is 1. The fourth-order valence-electron chi connectivity index (χ4n) is 1.68. The van der Waals surface area contributed by atoms with E-state index in [1.807, 2.05) is 43.3 Å². The Bertz CT molecular complexity index is 525. The van der Waals surface area contributed by atoms with Crippen molar-refractivity contribution in [2.24, 2.45) is 0 Å². The molecule has 0 saturated carbocycles. The average Bonchev–Trinajstić information content (AvgIpc) is 2.38. The van der Waals surface area contributed by atoms with Crippen molar-refractivity contribution in [2.45, 2.75) is 19.9 Å². The quantitative estimate of drug-likeness (QED) is 0.864. The molecule has 1 atom stereocenters. The number of ether oxygens (including phenoxy) is 1. The minimum atomic E-state index is 0.149. The molecule has 0 radical (unpaired) electrons. The van der Waals surface area contributed by atoms with Crippen LogP contribution in [0, 0.1) is 6.92 Å². The van der Waals surface area contributed by atoms with Crippen molar-refractivity contribution in [3.63, 3.8) is 0 Å². The van der Waals surface area contributed by atoms with Crippen molar-refractivity contribution in [1.82, 2.24) is 4.98 Å². The highest BCUT2D eigenvalue weighted by Crippen LogP contribution is 2.12. The molecule has 1 aromatic heterocycles. The third-order valence-corrected chi connectivity index (χ3v) is 2.69. The van der Waals surface area contributed by atoms with Crippen LogP contribution in [0.2, 0.25) is 0 Å². The number of nitrogens with two attached hydrogens (primary N) is 1. The van der Waals surface area contributed by atoms with Gasteiger partial charge in [0.2, 0.25) is 0 Å². The monoisotopic (exact) mass is 257 g/mol. The first-order valence-corrected chi connectivity index (χ1v) is 6.32. The maximum Gasteiger partial charge on any atom is 0.128 e. The van der Waals surface area contributed by atoms with E-state index in [0.29, 0.717) is 12.4 Å². The smallest absolute Gasteiger partial charge is 0.128 e. The van der Waals surface area contributed by atoms with Crippen LogP contribution in [0.25, 0.3) is 0 Å². The number of pyridine rings is 1. The molecule has 0 fully saturated rings. The Morgan fingerprint density at radius 1 is 1.21 bits per heavy atom. The van der Waals surface area contributed by atoms with Crippen molar-refractivity contribution >= 4 is 11.6 Å². The SMILES string of the molecule is Cc1ccc(OCC(C)Nc2cccc(N)n2)cc1. The predicted molar refractivity (Wildman–Crippen MR) is 78.4 cm³/mol. The molecular weight excluding hydrogens is 238 g/mol. The molecule has 0 aliphatic rings. The van der Waals surface area contributed by atoms with E-state index in [0.717, 1.165) is 11.6 Å². The highest BCUT2D eigenvalue weighted by atomic mass is 16.5. The zero-order valence-electron chi connectivity index (χ0n) is 11.3. The van der Waals surface area contributed by atoms with Crippen molar-refractivity contribution in [1.29, 1.82) is 0 Å². The van der Waals surface area contributed by atoms with Gasteiger partial charge in [-0.25, -0.2) is 4.98 Å². The van der Waals surface area contributed by atoms with E-state index in [4.69, 9.17) is 10.5 Å². The summed E-state index contributed by atoms with van der Waals surface area (Å²) in [6.07, 6.45) is 0. The molecule has 1 aromatic carbocycles. The van der Waals surface area contributed by atoms with Gasteiger partial charge in [0.1, 0.15) is 24.0 Å². The normalized spacial score (nSPS) is 11.9. The molecule has 4 heteroatoms. The summed E-state index contributed by atoms with van der Waals surface area (Å²) in [6.45, 7) is 4.66. The molecule has 2 aromatic rings. The highest BCUT2D eigenvalue weighted by Gasteiger charge is 2.04. The molecule has 1 unspecified atom stereocenters. The van der Waals surface area contributed by atoms with Crippen molar-refractivity contribution in [3.8, 4) is 5.75 Å². The lowest BCUT2D eigenvalue weighted by Crippen LogP contribution is -2.24. The van der Waals surface area contributed by atoms with Gasteiger partial charge in [0.15, 0.2) is 0 Å². The highest BCUT2D eigenvalue weighted by molar-refractivity contribution is 5.42. The van der Waals surface area contributed by atoms with E-state index >= 15 is 0 Å². The molecule has 0 bridgehead atoms. The zero-order chi connectivity index (χ0) is 13.7. The minimum Gasteiger partial charge on any atom is -0.491 e. The van der Waals surface area contributed by atoms with Crippen molar-refractivity contribution in [3.05, 3.63) is 48.0 Å². The Hall–Kier alpha value is -2.23. The number of nitrogen functional groups attached to an aromatic ring is 1. The molecule has 0 saturated heterocycles. The first kappa shape index (κ1) is 13.2. The summed E-state index contributed by atoms with van der Waals surface area (Å²) in [6, 6.07) is 13.7. The van der Waals surface area contributed by atoms with Gasteiger partial charge in [0.25, 0.3) is 0 Å². The number of rotatable bonds is 5. The Balaban J connectivity index is 1.84. The molecule has 0 spiro atoms. The fraction of sp³-hybridized carbons (Fsp3) is 0.267. The second kappa shape index (κ2) is 6.09. The van der Waals surface area contributed by atoms with Gasteiger partial charge in [0, 0.05) is 0 Å². The van der Waals surface area contributed by atoms with E-state index in [-0.39, 0.29) is 6.04 Å². The summed E-state index contributed by atoms with van der Waals surface area (Å²) < 4.78 is 5.70. The number of aromatic nitrogens is 1. The Morgan fingerprint density at radius 3 is 2.63 bits per heavy atom. The average molecular weight is 257 g/mol. The summed E-state index contributed by atoms with van der Waals surface area (Å²) in [5, 5.41) is 3.25. The number of nitrogens with one attached hydrogen (secondary N) is 1. The number of benzene rings is 1. The largest absolute Gasteiger partial charge is 0.491 e. The molecule has 2 rings (SSSR count). The van der Waals surface area contributed by atoms with Gasteiger partial charge in [-0.2, -0.15) is 0 Å². The van der Waals surface area contributed by atoms with E-state index in [2.05, 4.69) is 17.2 Å². The number of hydrogen-bond acceptors (Lipinski definition) is 4. The van der Waals surface area contributed by atoms with Crippen LogP contribution in [0.4, 0.5) is 11.6 Å². The second-order valence-corrected chi connectivity index (χ2v) is 4.62. The van der Waals surface area contributed by atoms with E-state index in [9.17, 15) is 0 Å². The first-order chi connectivity index (χ1) is 9.13. The molecule has 4 nitrogen and oxygen atoms in total. The lowest BCUT2D eigenvalue weighted by molar-refractivity contribution is 0.303. The van der Waals surface area contributed by atoms with Gasteiger partial charge in [-0.1, -0.05) is 23.8 Å². The topological polar surface area (TPSA) is 60.2 Å². The Labute approximate surface area is 113 Å². The fourth-order valence-corrected chi connectivity index (χ4v) is 1.68. The maximum atomic E-state index is 5.70. The first-order valence-electron chi connectivity index (χ1n) is 6.32. The summed E-state index contributed by atoms with van der Waals surface area (Å²) in [7, 11) is 0. The standard InChI is InChI=1S/C15H19N3O/c1-11-6-8-13(9-7-11)19-10-12(2)17-15-5-3-4-14(16)18-15/h3-9,12H,10H2,1-2H3,(H3,16,17,18). The van der Waals surface area contributed by atoms with E-state index in [1.165, 1.54) is 5.56 Å². The van der Waals surface area contributed by atoms with Crippen molar-refractivity contribution < 1.29 is 4.74 Å². The lowest BCUT2D eigenvalue weighted by Gasteiger charge is -2.15. The molecule has 100 valence electrons. The van der Waals surface area contributed by atoms with Crippen LogP contribution in [0.3, 0.4) is 0 Å². The summed E-state index contributed by atoms with van der Waals surface area (Å²) in [5.74, 6) is 2.15. The van der Waals surface area contributed by atoms with Crippen LogP contribution in [0.1, 0.15) is 12.5 Å². The molecule has 0 aliphatic carbocycles. The molecule has 19 heavy (non-hydrogen) atoms. The summed E-state index contributed by atoms with van der Waals surface area (Å²) >= 11 is 0. The van der Waals surface area contributed by atoms with Crippen molar-refractivity contribution in [2.75, 3.05) is 17.7 Å². The molecule has 0 amide bonds. The van der Waals surface area contributed by atoms with Gasteiger partial charge < -0.3 is 15.8 Å². The number of nitrogens with zero attached hydrogens (tertiary/aromatic N) is 1. The van der Waals surface area contributed by atoms with Crippen LogP contribution < -0.4 is 15.8 Å². The minimum absolute atomic E-state index is 0.149. The third-order valence-electron chi connectivity index (χ3n) is 2.69. The van der Waals surface area contributed by atoms with Gasteiger partial charge in [0.05, 0.1) is 6.04 Å². The van der Waals surface area contributed by atoms with Crippen LogP contribution in [-0.4, -0.2) is 17.6 Å². The van der Waals surface area contributed by atoms with Crippen LogP contribution in [-0.2, 0) is 0 Å². The van der Waals surface area contributed by atoms with E-state index in [1.54, 1.807) is 6.07 Å². The van der Waals surface area contributed by atoms with Gasteiger partial charge >= 0.3 is 0 Å². The van der Waals surface area contributed by atoms with Gasteiger partial charge in [-0.3, -0.25) is 0 Å². The molecule has 1 heterocycles. The van der Waals surface area contributed by atoms with Crippen LogP contribution in [0.15, 0.2) is 42.5 Å². The Kier molecular flexibility index (Phi) is 4.23. The van der Waals surface area contributed by atoms with E-state index < -0.39 is 0 Å². The third kappa shape index (κ3) is 4.17. The maximum absolute atomic E-state index is 5.70. The molecule has 0 aliphatic heterocycles. The Morgan fingerprint density at radius 2 is 1.95 bits per heavy atom. The predicted octanol–water partition coefficient (Wildman–Crippen LogP) is 2.85. The molecule has 3 N–H and O–H groups in total. The van der Waals surface area contributed by atoms with Crippen LogP contribution >= 0.6 is 0 Å². The summed E-state index contributed by atoms with van der Waals surface area (Å²) in [4.78, 5) is 4.19. The zero-order valence-corrected chi connectivity index (χ0v) is 11.3. The summed E-state index contributed by atoms with van der Waals surface area (Å²) in [5.41, 5.74) is 6.86. The number of hydrogen-bond donors (Lipinski definition) is 2. The number of anilines is 2. The van der Waals surface area contributed by atoms with Crippen LogP contribution in [0.5, 0.6) is 5.75 Å².